The minimum absolute atomic E-state index is 0.403. The Morgan fingerprint density at radius 2 is 2.00 bits per heavy atom. The number of aliphatic hydroxyl groups excluding tert-OH is 1. The van der Waals surface area contributed by atoms with Gasteiger partial charge >= 0.3 is 0 Å². The number of thiophene rings is 1. The fraction of sp³-hybridized carbons (Fsp3) is 0.231. The lowest BCUT2D eigenvalue weighted by atomic mass is 10.0. The van der Waals surface area contributed by atoms with Crippen LogP contribution in [0.2, 0.25) is 0 Å². The van der Waals surface area contributed by atoms with E-state index in [1.165, 1.54) is 5.56 Å². The normalized spacial score (nSPS) is 12.6. The first-order valence-corrected chi connectivity index (χ1v) is 7.84. The van der Waals surface area contributed by atoms with E-state index in [2.05, 4.69) is 48.7 Å². The van der Waals surface area contributed by atoms with Crippen LogP contribution in [0.15, 0.2) is 44.0 Å². The predicted octanol–water partition coefficient (Wildman–Crippen LogP) is 4.94. The summed E-state index contributed by atoms with van der Waals surface area (Å²) in [6, 6.07) is 7.97. The first-order valence-electron chi connectivity index (χ1n) is 5.31. The Labute approximate surface area is 122 Å². The molecule has 0 aliphatic rings. The molecule has 0 spiro atoms. The molecule has 0 saturated carbocycles. The summed E-state index contributed by atoms with van der Waals surface area (Å²) >= 11 is 8.57. The van der Waals surface area contributed by atoms with Crippen LogP contribution in [0.1, 0.15) is 23.7 Å². The van der Waals surface area contributed by atoms with E-state index in [1.807, 2.05) is 18.2 Å². The van der Waals surface area contributed by atoms with Crippen molar-refractivity contribution in [3.05, 3.63) is 55.1 Å². The summed E-state index contributed by atoms with van der Waals surface area (Å²) < 4.78 is 1.98. The first-order chi connectivity index (χ1) is 8.16. The molecule has 0 aliphatic heterocycles. The van der Waals surface area contributed by atoms with Crippen LogP contribution < -0.4 is 0 Å². The van der Waals surface area contributed by atoms with Crippen LogP contribution in [0.25, 0.3) is 0 Å². The third-order valence-electron chi connectivity index (χ3n) is 2.61. The van der Waals surface area contributed by atoms with Gasteiger partial charge in [0.15, 0.2) is 0 Å². The molecule has 4 heteroatoms. The van der Waals surface area contributed by atoms with Gasteiger partial charge in [-0.25, -0.2) is 0 Å². The fourth-order valence-electron chi connectivity index (χ4n) is 1.62. The van der Waals surface area contributed by atoms with Crippen molar-refractivity contribution in [1.82, 2.24) is 0 Å². The highest BCUT2D eigenvalue weighted by molar-refractivity contribution is 9.13. The molecule has 0 amide bonds. The van der Waals surface area contributed by atoms with Crippen molar-refractivity contribution in [1.29, 1.82) is 0 Å². The molecule has 1 aromatic heterocycles. The summed E-state index contributed by atoms with van der Waals surface area (Å²) in [7, 11) is 0. The van der Waals surface area contributed by atoms with Crippen molar-refractivity contribution in [3.63, 3.8) is 0 Å². The fourth-order valence-corrected chi connectivity index (χ4v) is 2.97. The average molecular weight is 376 g/mol. The van der Waals surface area contributed by atoms with Gasteiger partial charge in [-0.15, -0.1) is 0 Å². The van der Waals surface area contributed by atoms with E-state index < -0.39 is 6.10 Å². The Bertz CT molecular complexity index is 482. The monoisotopic (exact) mass is 374 g/mol. The summed E-state index contributed by atoms with van der Waals surface area (Å²) in [5.74, 6) is 0. The second kappa shape index (κ2) is 6.14. The highest BCUT2D eigenvalue weighted by atomic mass is 79.9. The maximum atomic E-state index is 10.1. The van der Waals surface area contributed by atoms with Crippen LogP contribution in [0.5, 0.6) is 0 Å². The molecule has 1 heterocycles. The molecule has 1 aromatic carbocycles. The Hall–Kier alpha value is -0.160. The smallest absolute Gasteiger partial charge is 0.0793 e. The SMILES string of the molecule is OC(CCc1ccsc1)c1ccc(Br)c(Br)c1. The van der Waals surface area contributed by atoms with Crippen LogP contribution in [-0.2, 0) is 6.42 Å². The van der Waals surface area contributed by atoms with Crippen molar-refractivity contribution in [2.75, 3.05) is 0 Å². The lowest BCUT2D eigenvalue weighted by molar-refractivity contribution is 0.168. The van der Waals surface area contributed by atoms with E-state index in [4.69, 9.17) is 0 Å². The van der Waals surface area contributed by atoms with Crippen LogP contribution in [0.4, 0.5) is 0 Å². The quantitative estimate of drug-likeness (QED) is 0.802. The van der Waals surface area contributed by atoms with Crippen molar-refractivity contribution in [3.8, 4) is 0 Å². The number of aliphatic hydroxyl groups is 1. The van der Waals surface area contributed by atoms with Gasteiger partial charge in [0.2, 0.25) is 0 Å². The van der Waals surface area contributed by atoms with Crippen molar-refractivity contribution >= 4 is 43.2 Å². The van der Waals surface area contributed by atoms with Gasteiger partial charge in [0, 0.05) is 8.95 Å². The molecule has 0 saturated heterocycles. The third kappa shape index (κ3) is 3.65. The van der Waals surface area contributed by atoms with E-state index in [9.17, 15) is 5.11 Å². The second-order valence-corrected chi connectivity index (χ2v) is 6.35. The average Bonchev–Trinajstić information content (AvgIpc) is 2.82. The number of benzene rings is 1. The number of halogens is 2. The highest BCUT2D eigenvalue weighted by Crippen LogP contribution is 2.28. The van der Waals surface area contributed by atoms with Crippen LogP contribution in [0, 0.1) is 0 Å². The number of aryl methyl sites for hydroxylation is 1. The van der Waals surface area contributed by atoms with Crippen molar-refractivity contribution in [2.45, 2.75) is 18.9 Å². The lowest BCUT2D eigenvalue weighted by Crippen LogP contribution is -1.99. The van der Waals surface area contributed by atoms with E-state index in [0.717, 1.165) is 27.4 Å². The summed E-state index contributed by atoms with van der Waals surface area (Å²) in [4.78, 5) is 0. The largest absolute Gasteiger partial charge is 0.388 e. The van der Waals surface area contributed by atoms with Crippen LogP contribution in [-0.4, -0.2) is 5.11 Å². The summed E-state index contributed by atoms with van der Waals surface area (Å²) in [6.07, 6.45) is 1.27. The van der Waals surface area contributed by atoms with Crippen LogP contribution in [0.3, 0.4) is 0 Å². The standard InChI is InChI=1S/C13H12Br2OS/c14-11-3-2-10(7-12(11)15)13(16)4-1-9-5-6-17-8-9/h2-3,5-8,13,16H,1,4H2. The van der Waals surface area contributed by atoms with Gasteiger partial charge in [-0.3, -0.25) is 0 Å². The minimum Gasteiger partial charge on any atom is -0.388 e. The maximum Gasteiger partial charge on any atom is 0.0793 e. The van der Waals surface area contributed by atoms with E-state index >= 15 is 0 Å². The van der Waals surface area contributed by atoms with Gasteiger partial charge in [0.05, 0.1) is 6.10 Å². The van der Waals surface area contributed by atoms with Crippen molar-refractivity contribution in [2.24, 2.45) is 0 Å². The molecule has 0 radical (unpaired) electrons. The molecule has 1 nitrogen and oxygen atoms in total. The molecule has 0 fully saturated rings. The maximum absolute atomic E-state index is 10.1. The van der Waals surface area contributed by atoms with Gasteiger partial charge in [-0.1, -0.05) is 6.07 Å². The Balaban J connectivity index is 1.99. The topological polar surface area (TPSA) is 20.2 Å². The van der Waals surface area contributed by atoms with Crippen molar-refractivity contribution < 1.29 is 5.11 Å². The number of hydrogen-bond acceptors (Lipinski definition) is 2. The number of hydrogen-bond donors (Lipinski definition) is 1. The van der Waals surface area contributed by atoms with Crippen LogP contribution >= 0.6 is 43.2 Å². The summed E-state index contributed by atoms with van der Waals surface area (Å²) in [5.41, 5.74) is 2.25. The van der Waals surface area contributed by atoms with Gasteiger partial charge in [-0.2, -0.15) is 11.3 Å². The Morgan fingerprint density at radius 1 is 1.18 bits per heavy atom. The zero-order chi connectivity index (χ0) is 12.3. The van der Waals surface area contributed by atoms with E-state index in [-0.39, 0.29) is 0 Å². The van der Waals surface area contributed by atoms with Gasteiger partial charge in [-0.05, 0) is 84.8 Å². The highest BCUT2D eigenvalue weighted by Gasteiger charge is 2.09. The zero-order valence-electron chi connectivity index (χ0n) is 9.07. The summed E-state index contributed by atoms with van der Waals surface area (Å²) in [6.45, 7) is 0. The third-order valence-corrected chi connectivity index (χ3v) is 5.23. The molecule has 2 rings (SSSR count). The molecule has 1 N–H and O–H groups in total. The lowest BCUT2D eigenvalue weighted by Gasteiger charge is -2.11. The molecule has 1 atom stereocenters. The van der Waals surface area contributed by atoms with E-state index in [0.29, 0.717) is 0 Å². The molecule has 17 heavy (non-hydrogen) atoms. The van der Waals surface area contributed by atoms with Gasteiger partial charge < -0.3 is 5.11 Å². The molecule has 90 valence electrons. The molecule has 0 aliphatic carbocycles. The van der Waals surface area contributed by atoms with Gasteiger partial charge in [0.25, 0.3) is 0 Å². The Kier molecular flexibility index (Phi) is 4.79. The first kappa shape index (κ1) is 13.3. The molecule has 1 unspecified atom stereocenters. The van der Waals surface area contributed by atoms with Gasteiger partial charge in [0.1, 0.15) is 0 Å². The summed E-state index contributed by atoms with van der Waals surface area (Å²) in [5, 5.41) is 14.3. The molecular weight excluding hydrogens is 364 g/mol. The Morgan fingerprint density at radius 3 is 2.65 bits per heavy atom. The second-order valence-electron chi connectivity index (χ2n) is 3.86. The minimum atomic E-state index is -0.403. The zero-order valence-corrected chi connectivity index (χ0v) is 13.1. The molecule has 2 aromatic rings. The predicted molar refractivity (Wildman–Crippen MR) is 79.4 cm³/mol. The molecular formula is C13H12Br2OS. The molecule has 0 bridgehead atoms. The van der Waals surface area contributed by atoms with E-state index in [1.54, 1.807) is 11.3 Å². The number of rotatable bonds is 4.